The summed E-state index contributed by atoms with van der Waals surface area (Å²) in [5.74, 6) is -1.67. The van der Waals surface area contributed by atoms with Crippen molar-refractivity contribution < 1.29 is 23.1 Å². The summed E-state index contributed by atoms with van der Waals surface area (Å²) in [6.07, 6.45) is 0. The van der Waals surface area contributed by atoms with Gasteiger partial charge in [-0.15, -0.1) is 0 Å². The number of hydrogen-bond donors (Lipinski definition) is 3. The van der Waals surface area contributed by atoms with E-state index in [1.165, 1.54) is 43.1 Å². The smallest absolute Gasteiger partial charge is 0.321 e. The van der Waals surface area contributed by atoms with Gasteiger partial charge in [0.2, 0.25) is 10.0 Å². The highest BCUT2D eigenvalue weighted by molar-refractivity contribution is 7.89. The molecule has 0 aliphatic heterocycles. The lowest BCUT2D eigenvalue weighted by atomic mass is 10.2. The third kappa shape index (κ3) is 5.82. The van der Waals surface area contributed by atoms with E-state index in [4.69, 9.17) is 5.11 Å². The van der Waals surface area contributed by atoms with Crippen LogP contribution in [0.2, 0.25) is 0 Å². The average molecular weight is 357 g/mol. The number of anilines is 1. The fraction of sp³-hybridized carbons (Fsp3) is 0.467. The summed E-state index contributed by atoms with van der Waals surface area (Å²) in [6.45, 7) is 5.01. The largest absolute Gasteiger partial charge is 0.481 e. The molecule has 1 atom stereocenters. The van der Waals surface area contributed by atoms with Crippen molar-refractivity contribution in [3.8, 4) is 0 Å². The molecule has 0 bridgehead atoms. The molecule has 1 aromatic rings. The van der Waals surface area contributed by atoms with Gasteiger partial charge in [0.1, 0.15) is 0 Å². The van der Waals surface area contributed by atoms with Crippen molar-refractivity contribution in [2.24, 2.45) is 5.92 Å². The topological polar surface area (TPSA) is 116 Å². The van der Waals surface area contributed by atoms with Crippen LogP contribution >= 0.6 is 0 Å². The molecule has 24 heavy (non-hydrogen) atoms. The van der Waals surface area contributed by atoms with E-state index in [-0.39, 0.29) is 17.5 Å². The molecule has 0 fully saturated rings. The number of benzene rings is 1. The van der Waals surface area contributed by atoms with Gasteiger partial charge in [0.15, 0.2) is 0 Å². The SMILES string of the molecule is CC(C)NS(=O)(=O)c1ccc(NC(=O)N(C)CC(C)C(=O)O)cc1. The molecule has 9 heteroatoms. The molecule has 0 radical (unpaired) electrons. The van der Waals surface area contributed by atoms with Crippen LogP contribution in [0.15, 0.2) is 29.2 Å². The van der Waals surface area contributed by atoms with Crippen LogP contribution in [-0.2, 0) is 14.8 Å². The molecule has 1 unspecified atom stereocenters. The number of carboxylic acid groups (broad SMARTS) is 1. The highest BCUT2D eigenvalue weighted by Gasteiger charge is 2.18. The summed E-state index contributed by atoms with van der Waals surface area (Å²) in [5.41, 5.74) is 0.415. The summed E-state index contributed by atoms with van der Waals surface area (Å²) in [4.78, 5) is 24.1. The maximum absolute atomic E-state index is 12.0. The van der Waals surface area contributed by atoms with Crippen LogP contribution in [0.1, 0.15) is 20.8 Å². The Morgan fingerprint density at radius 2 is 1.71 bits per heavy atom. The number of amides is 2. The molecular weight excluding hydrogens is 334 g/mol. The standard InChI is InChI=1S/C15H23N3O5S/c1-10(2)17-24(22,23)13-7-5-12(6-8-13)16-15(21)18(4)9-11(3)14(19)20/h5-8,10-11,17H,9H2,1-4H3,(H,16,21)(H,19,20). The third-order valence-electron chi connectivity index (χ3n) is 3.12. The van der Waals surface area contributed by atoms with Crippen LogP contribution in [0.4, 0.5) is 10.5 Å². The molecule has 1 aromatic carbocycles. The van der Waals surface area contributed by atoms with Gasteiger partial charge in [-0.1, -0.05) is 6.92 Å². The van der Waals surface area contributed by atoms with E-state index in [2.05, 4.69) is 10.0 Å². The molecule has 0 saturated carbocycles. The number of carbonyl (C=O) groups is 2. The molecule has 0 heterocycles. The number of rotatable bonds is 7. The highest BCUT2D eigenvalue weighted by Crippen LogP contribution is 2.15. The first-order valence-electron chi connectivity index (χ1n) is 7.40. The van der Waals surface area contributed by atoms with Gasteiger partial charge in [-0.05, 0) is 38.1 Å². The van der Waals surface area contributed by atoms with Crippen LogP contribution in [0, 0.1) is 5.92 Å². The minimum atomic E-state index is -3.58. The van der Waals surface area contributed by atoms with Gasteiger partial charge < -0.3 is 15.3 Å². The Hall–Kier alpha value is -2.13. The summed E-state index contributed by atoms with van der Waals surface area (Å²) in [6, 6.07) is 5.03. The lowest BCUT2D eigenvalue weighted by molar-refractivity contribution is -0.141. The zero-order valence-corrected chi connectivity index (χ0v) is 14.9. The van der Waals surface area contributed by atoms with E-state index in [1.54, 1.807) is 13.8 Å². The van der Waals surface area contributed by atoms with E-state index in [0.29, 0.717) is 5.69 Å². The minimum absolute atomic E-state index is 0.0614. The molecule has 0 aliphatic carbocycles. The summed E-state index contributed by atoms with van der Waals surface area (Å²) in [5, 5.41) is 11.4. The Bertz CT molecular complexity index is 686. The van der Waals surface area contributed by atoms with Gasteiger partial charge in [-0.2, -0.15) is 0 Å². The fourth-order valence-corrected chi connectivity index (χ4v) is 3.14. The second-order valence-corrected chi connectivity index (χ2v) is 7.56. The molecule has 2 amide bonds. The van der Waals surface area contributed by atoms with Crippen LogP contribution < -0.4 is 10.0 Å². The lowest BCUT2D eigenvalue weighted by Gasteiger charge is -2.20. The van der Waals surface area contributed by atoms with E-state index < -0.39 is 27.9 Å². The third-order valence-corrected chi connectivity index (χ3v) is 4.80. The summed E-state index contributed by atoms with van der Waals surface area (Å²) < 4.78 is 26.5. The van der Waals surface area contributed by atoms with Gasteiger partial charge in [0, 0.05) is 25.3 Å². The lowest BCUT2D eigenvalue weighted by Crippen LogP contribution is -2.36. The molecule has 0 spiro atoms. The maximum Gasteiger partial charge on any atom is 0.321 e. The fourth-order valence-electron chi connectivity index (χ4n) is 1.89. The molecule has 0 saturated heterocycles. The second kappa shape index (κ2) is 8.11. The van der Waals surface area contributed by atoms with Gasteiger partial charge in [0.05, 0.1) is 10.8 Å². The molecule has 8 nitrogen and oxygen atoms in total. The van der Waals surface area contributed by atoms with E-state index in [1.807, 2.05) is 0 Å². The number of hydrogen-bond acceptors (Lipinski definition) is 4. The van der Waals surface area contributed by atoms with Crippen molar-refractivity contribution in [3.05, 3.63) is 24.3 Å². The van der Waals surface area contributed by atoms with Crippen LogP contribution in [0.25, 0.3) is 0 Å². The number of sulfonamides is 1. The second-order valence-electron chi connectivity index (χ2n) is 5.85. The van der Waals surface area contributed by atoms with Crippen molar-refractivity contribution in [1.82, 2.24) is 9.62 Å². The molecule has 0 aromatic heterocycles. The Morgan fingerprint density at radius 3 is 2.17 bits per heavy atom. The number of urea groups is 1. The van der Waals surface area contributed by atoms with Crippen molar-refractivity contribution in [1.29, 1.82) is 0 Å². The zero-order chi connectivity index (χ0) is 18.5. The predicted molar refractivity (Wildman–Crippen MR) is 90.3 cm³/mol. The van der Waals surface area contributed by atoms with Crippen molar-refractivity contribution in [3.63, 3.8) is 0 Å². The zero-order valence-electron chi connectivity index (χ0n) is 14.1. The van der Waals surface area contributed by atoms with Crippen LogP contribution in [-0.4, -0.2) is 50.1 Å². The number of carboxylic acids is 1. The highest BCUT2D eigenvalue weighted by atomic mass is 32.2. The molecule has 1 rings (SSSR count). The number of carbonyl (C=O) groups excluding carboxylic acids is 1. The van der Waals surface area contributed by atoms with Gasteiger partial charge in [-0.25, -0.2) is 17.9 Å². The minimum Gasteiger partial charge on any atom is -0.481 e. The van der Waals surface area contributed by atoms with Gasteiger partial charge in [-0.3, -0.25) is 4.79 Å². The normalized spacial score (nSPS) is 12.7. The Kier molecular flexibility index (Phi) is 6.73. The first kappa shape index (κ1) is 19.9. The van der Waals surface area contributed by atoms with Gasteiger partial charge >= 0.3 is 12.0 Å². The maximum atomic E-state index is 12.0. The number of nitrogens with zero attached hydrogens (tertiary/aromatic N) is 1. The van der Waals surface area contributed by atoms with Crippen LogP contribution in [0.3, 0.4) is 0 Å². The van der Waals surface area contributed by atoms with Crippen molar-refractivity contribution >= 4 is 27.7 Å². The molecular formula is C15H23N3O5S. The molecule has 134 valence electrons. The van der Waals surface area contributed by atoms with Crippen molar-refractivity contribution in [2.75, 3.05) is 18.9 Å². The van der Waals surface area contributed by atoms with E-state index in [0.717, 1.165) is 0 Å². The first-order valence-corrected chi connectivity index (χ1v) is 8.88. The predicted octanol–water partition coefficient (Wildman–Crippen LogP) is 1.56. The molecule has 3 N–H and O–H groups in total. The van der Waals surface area contributed by atoms with Crippen molar-refractivity contribution in [2.45, 2.75) is 31.7 Å². The Morgan fingerprint density at radius 1 is 1.17 bits per heavy atom. The Labute approximate surface area is 141 Å². The molecule has 0 aliphatic rings. The monoisotopic (exact) mass is 357 g/mol. The number of nitrogens with one attached hydrogen (secondary N) is 2. The van der Waals surface area contributed by atoms with Gasteiger partial charge in [0.25, 0.3) is 0 Å². The summed E-state index contributed by atoms with van der Waals surface area (Å²) >= 11 is 0. The number of aliphatic carboxylic acids is 1. The first-order chi connectivity index (χ1) is 11.0. The van der Waals surface area contributed by atoms with E-state index in [9.17, 15) is 18.0 Å². The quantitative estimate of drug-likeness (QED) is 0.685. The van der Waals surface area contributed by atoms with Crippen LogP contribution in [0.5, 0.6) is 0 Å². The summed E-state index contributed by atoms with van der Waals surface area (Å²) in [7, 11) is -2.10. The van der Waals surface area contributed by atoms with E-state index >= 15 is 0 Å². The Balaban J connectivity index is 2.73. The average Bonchev–Trinajstić information content (AvgIpc) is 2.46.